The molecule has 0 radical (unpaired) electrons. The van der Waals surface area contributed by atoms with Gasteiger partial charge in [-0.1, -0.05) is 43.8 Å². The van der Waals surface area contributed by atoms with Crippen LogP contribution in [0, 0.1) is 5.92 Å². The van der Waals surface area contributed by atoms with Crippen molar-refractivity contribution in [3.05, 3.63) is 30.5 Å². The number of H-pyrrole nitrogens is 1. The molecule has 4 rings (SSSR count). The molecular weight excluding hydrogens is 398 g/mol. The molecule has 0 saturated carbocycles. The van der Waals surface area contributed by atoms with E-state index in [1.807, 2.05) is 25.3 Å². The Bertz CT molecular complexity index is 1010. The highest BCUT2D eigenvalue weighted by Gasteiger charge is 2.25. The summed E-state index contributed by atoms with van der Waals surface area (Å²) in [7, 11) is 0. The number of hydrogen-bond donors (Lipinski definition) is 2. The normalized spacial score (nSPS) is 17.7. The van der Waals surface area contributed by atoms with Crippen molar-refractivity contribution in [1.29, 1.82) is 0 Å². The molecule has 7 nitrogen and oxygen atoms in total. The second kappa shape index (κ2) is 9.22. The van der Waals surface area contributed by atoms with E-state index >= 15 is 0 Å². The molecule has 2 atom stereocenters. The number of carbonyl (C=O) groups excluding carboxylic acids is 1. The Labute approximate surface area is 181 Å². The van der Waals surface area contributed by atoms with E-state index in [0.29, 0.717) is 19.0 Å². The number of benzene rings is 1. The Balaban J connectivity index is 1.63. The molecule has 1 saturated heterocycles. The van der Waals surface area contributed by atoms with Gasteiger partial charge in [0.2, 0.25) is 5.91 Å². The molecular formula is C22H29N5O2S. The van der Waals surface area contributed by atoms with Crippen molar-refractivity contribution < 1.29 is 9.53 Å². The largest absolute Gasteiger partial charge is 0.376 e. The molecule has 1 aliphatic heterocycles. The Hall–Kier alpha value is -2.32. The van der Waals surface area contributed by atoms with Gasteiger partial charge in [-0.05, 0) is 31.7 Å². The molecule has 2 N–H and O–H groups in total. The van der Waals surface area contributed by atoms with Crippen LogP contribution in [0.2, 0.25) is 0 Å². The van der Waals surface area contributed by atoms with Crippen molar-refractivity contribution >= 4 is 28.6 Å². The fraction of sp³-hybridized carbons (Fsp3) is 0.500. The van der Waals surface area contributed by atoms with E-state index in [1.165, 1.54) is 11.8 Å². The number of nitrogens with one attached hydrogen (secondary N) is 2. The number of carbonyl (C=O) groups is 1. The van der Waals surface area contributed by atoms with Gasteiger partial charge in [-0.3, -0.25) is 9.36 Å². The van der Waals surface area contributed by atoms with Crippen LogP contribution in [0.15, 0.2) is 35.6 Å². The lowest BCUT2D eigenvalue weighted by molar-refractivity contribution is -0.120. The van der Waals surface area contributed by atoms with Crippen LogP contribution in [0.1, 0.15) is 33.6 Å². The number of nitrogens with zero attached hydrogens (tertiary/aromatic N) is 3. The van der Waals surface area contributed by atoms with Crippen LogP contribution in [0.5, 0.6) is 0 Å². The number of aromatic nitrogens is 4. The van der Waals surface area contributed by atoms with Crippen molar-refractivity contribution in [2.45, 2.75) is 56.7 Å². The summed E-state index contributed by atoms with van der Waals surface area (Å²) in [6, 6.07) is 8.17. The molecule has 1 amide bonds. The van der Waals surface area contributed by atoms with Gasteiger partial charge in [0.25, 0.3) is 0 Å². The minimum Gasteiger partial charge on any atom is -0.376 e. The highest BCUT2D eigenvalue weighted by Crippen LogP contribution is 2.32. The molecule has 0 spiro atoms. The monoisotopic (exact) mass is 427 g/mol. The first-order chi connectivity index (χ1) is 14.5. The van der Waals surface area contributed by atoms with Gasteiger partial charge < -0.3 is 15.0 Å². The van der Waals surface area contributed by atoms with Crippen LogP contribution in [-0.4, -0.2) is 50.2 Å². The van der Waals surface area contributed by atoms with E-state index in [9.17, 15) is 4.79 Å². The summed E-state index contributed by atoms with van der Waals surface area (Å²) >= 11 is 1.45. The standard InChI is InChI=1S/C22H29N5O2S/c1-14(2)11-24-21(28)15(3)30-22-26-25-20(27(22)13-16-7-6-10-29-16)18-12-23-19-9-5-4-8-17(18)19/h4-5,8-9,12,14-16,23H,6-7,10-11,13H2,1-3H3,(H,24,28). The predicted molar refractivity (Wildman–Crippen MR) is 119 cm³/mol. The average molecular weight is 428 g/mol. The van der Waals surface area contributed by atoms with Gasteiger partial charge in [-0.2, -0.15) is 0 Å². The quantitative estimate of drug-likeness (QED) is 0.533. The minimum absolute atomic E-state index is 0.0222. The summed E-state index contributed by atoms with van der Waals surface area (Å²) in [6.07, 6.45) is 4.23. The van der Waals surface area contributed by atoms with E-state index in [0.717, 1.165) is 46.9 Å². The number of hydrogen-bond acceptors (Lipinski definition) is 5. The maximum absolute atomic E-state index is 12.5. The molecule has 3 aromatic rings. The van der Waals surface area contributed by atoms with Gasteiger partial charge in [-0.25, -0.2) is 0 Å². The Kier molecular flexibility index (Phi) is 6.43. The molecule has 160 valence electrons. The van der Waals surface area contributed by atoms with E-state index in [2.05, 4.69) is 51.0 Å². The van der Waals surface area contributed by atoms with E-state index in [-0.39, 0.29) is 17.3 Å². The first-order valence-corrected chi connectivity index (χ1v) is 11.5. The van der Waals surface area contributed by atoms with E-state index in [1.54, 1.807) is 0 Å². The number of fused-ring (bicyclic) bond motifs is 1. The third-order valence-corrected chi connectivity index (χ3v) is 6.37. The number of rotatable bonds is 8. The summed E-state index contributed by atoms with van der Waals surface area (Å²) in [4.78, 5) is 15.8. The fourth-order valence-corrected chi connectivity index (χ4v) is 4.53. The zero-order chi connectivity index (χ0) is 21.1. The number of amides is 1. The van der Waals surface area contributed by atoms with Crippen LogP contribution >= 0.6 is 11.8 Å². The molecule has 3 heterocycles. The fourth-order valence-electron chi connectivity index (χ4n) is 3.65. The Morgan fingerprint density at radius 3 is 2.93 bits per heavy atom. The summed E-state index contributed by atoms with van der Waals surface area (Å²) in [6.45, 7) is 8.24. The third-order valence-electron chi connectivity index (χ3n) is 5.29. The summed E-state index contributed by atoms with van der Waals surface area (Å²) in [5, 5.41) is 13.6. The summed E-state index contributed by atoms with van der Waals surface area (Å²) in [5.74, 6) is 1.25. The van der Waals surface area contributed by atoms with Crippen LogP contribution in [0.4, 0.5) is 0 Å². The first-order valence-electron chi connectivity index (χ1n) is 10.6. The molecule has 2 aromatic heterocycles. The van der Waals surface area contributed by atoms with Crippen molar-refractivity contribution in [2.24, 2.45) is 5.92 Å². The van der Waals surface area contributed by atoms with Gasteiger partial charge in [0.05, 0.1) is 17.9 Å². The van der Waals surface area contributed by atoms with Crippen LogP contribution in [0.25, 0.3) is 22.3 Å². The topological polar surface area (TPSA) is 84.8 Å². The zero-order valence-electron chi connectivity index (χ0n) is 17.7. The summed E-state index contributed by atoms with van der Waals surface area (Å²) in [5.41, 5.74) is 2.08. The van der Waals surface area contributed by atoms with Crippen molar-refractivity contribution in [2.75, 3.05) is 13.2 Å². The van der Waals surface area contributed by atoms with Crippen LogP contribution < -0.4 is 5.32 Å². The van der Waals surface area contributed by atoms with E-state index < -0.39 is 0 Å². The van der Waals surface area contributed by atoms with Crippen molar-refractivity contribution in [1.82, 2.24) is 25.1 Å². The van der Waals surface area contributed by atoms with Crippen molar-refractivity contribution in [3.63, 3.8) is 0 Å². The maximum atomic E-state index is 12.5. The smallest absolute Gasteiger partial charge is 0.233 e. The second-order valence-corrected chi connectivity index (χ2v) is 9.51. The Morgan fingerprint density at radius 2 is 2.17 bits per heavy atom. The highest BCUT2D eigenvalue weighted by atomic mass is 32.2. The lowest BCUT2D eigenvalue weighted by Gasteiger charge is -2.16. The SMILES string of the molecule is CC(C)CNC(=O)C(C)Sc1nnc(-c2c[nH]c3ccccc23)n1CC1CCCO1. The third kappa shape index (κ3) is 4.54. The number of para-hydroxylation sites is 1. The lowest BCUT2D eigenvalue weighted by Crippen LogP contribution is -2.33. The predicted octanol–water partition coefficient (Wildman–Crippen LogP) is 3.86. The molecule has 8 heteroatoms. The minimum atomic E-state index is -0.257. The second-order valence-electron chi connectivity index (χ2n) is 8.20. The molecule has 1 aromatic carbocycles. The highest BCUT2D eigenvalue weighted by molar-refractivity contribution is 8.00. The van der Waals surface area contributed by atoms with Gasteiger partial charge >= 0.3 is 0 Å². The van der Waals surface area contributed by atoms with Crippen LogP contribution in [-0.2, 0) is 16.1 Å². The van der Waals surface area contributed by atoms with Gasteiger partial charge in [0.15, 0.2) is 11.0 Å². The molecule has 2 unspecified atom stereocenters. The lowest BCUT2D eigenvalue weighted by atomic mass is 10.1. The zero-order valence-corrected chi connectivity index (χ0v) is 18.5. The molecule has 0 bridgehead atoms. The van der Waals surface area contributed by atoms with Crippen LogP contribution in [0.3, 0.4) is 0 Å². The van der Waals surface area contributed by atoms with Gasteiger partial charge in [0.1, 0.15) is 0 Å². The van der Waals surface area contributed by atoms with E-state index in [4.69, 9.17) is 4.74 Å². The molecule has 1 fully saturated rings. The molecule has 30 heavy (non-hydrogen) atoms. The Morgan fingerprint density at radius 1 is 1.33 bits per heavy atom. The van der Waals surface area contributed by atoms with Crippen molar-refractivity contribution in [3.8, 4) is 11.4 Å². The van der Waals surface area contributed by atoms with Gasteiger partial charge in [0, 0.05) is 35.8 Å². The first kappa shape index (κ1) is 20.9. The summed E-state index contributed by atoms with van der Waals surface area (Å²) < 4.78 is 8.00. The average Bonchev–Trinajstić information content (AvgIpc) is 3.47. The molecule has 1 aliphatic rings. The molecule has 0 aliphatic carbocycles. The number of aromatic amines is 1. The number of ether oxygens (including phenoxy) is 1. The maximum Gasteiger partial charge on any atom is 0.233 e. The number of thioether (sulfide) groups is 1. The van der Waals surface area contributed by atoms with Gasteiger partial charge in [-0.15, -0.1) is 10.2 Å².